The number of rotatable bonds is 6. The maximum Gasteiger partial charge on any atom is 0.273 e. The van der Waals surface area contributed by atoms with E-state index in [-0.39, 0.29) is 11.7 Å². The van der Waals surface area contributed by atoms with E-state index in [1.54, 1.807) is 0 Å². The number of nitrogens with two attached hydrogens (primary N) is 1. The minimum atomic E-state index is -0.230. The van der Waals surface area contributed by atoms with Gasteiger partial charge in [0, 0.05) is 36.1 Å². The van der Waals surface area contributed by atoms with Gasteiger partial charge in [-0.25, -0.2) is 4.98 Å². The van der Waals surface area contributed by atoms with E-state index >= 15 is 0 Å². The Morgan fingerprint density at radius 2 is 1.70 bits per heavy atom. The molecule has 5 aromatic rings. The Morgan fingerprint density at radius 1 is 0.919 bits per heavy atom. The molecule has 0 radical (unpaired) electrons. The average molecular weight is 489 g/mol. The first kappa shape index (κ1) is 22.8. The van der Waals surface area contributed by atoms with Gasteiger partial charge in [-0.2, -0.15) is 0 Å². The minimum absolute atomic E-state index is 0.00580. The molecular formula is C30H28N6O. The fourth-order valence-corrected chi connectivity index (χ4v) is 5.18. The molecule has 37 heavy (non-hydrogen) atoms. The van der Waals surface area contributed by atoms with Crippen molar-refractivity contribution in [1.82, 2.24) is 9.55 Å². The van der Waals surface area contributed by atoms with Crippen molar-refractivity contribution in [2.45, 2.75) is 19.4 Å². The lowest BCUT2D eigenvalue weighted by Crippen LogP contribution is -2.21. The quantitative estimate of drug-likeness (QED) is 0.221. The third kappa shape index (κ3) is 4.40. The number of hydrogen-bond donors (Lipinski definition) is 3. The zero-order valence-corrected chi connectivity index (χ0v) is 20.4. The Bertz CT molecular complexity index is 1640. The second-order valence-corrected chi connectivity index (χ2v) is 9.47. The number of carbonyl (C=O) groups is 1. The van der Waals surface area contributed by atoms with E-state index in [1.165, 1.54) is 0 Å². The Balaban J connectivity index is 1.41. The molecule has 0 bridgehead atoms. The van der Waals surface area contributed by atoms with Crippen molar-refractivity contribution in [3.8, 4) is 0 Å². The van der Waals surface area contributed by atoms with E-state index in [1.807, 2.05) is 65.2 Å². The monoisotopic (exact) mass is 488 g/mol. The largest absolute Gasteiger partial charge is 0.384 e. The van der Waals surface area contributed by atoms with Crippen molar-refractivity contribution in [1.29, 1.82) is 5.41 Å². The highest BCUT2D eigenvalue weighted by atomic mass is 16.2. The van der Waals surface area contributed by atoms with Crippen molar-refractivity contribution < 1.29 is 4.79 Å². The molecule has 4 N–H and O–H groups in total. The first-order valence-electron chi connectivity index (χ1n) is 12.5. The van der Waals surface area contributed by atoms with Crippen LogP contribution in [0.4, 0.5) is 11.6 Å². The van der Waals surface area contributed by atoms with E-state index in [9.17, 15) is 4.79 Å². The van der Waals surface area contributed by atoms with Gasteiger partial charge >= 0.3 is 0 Å². The number of anilines is 2. The van der Waals surface area contributed by atoms with Gasteiger partial charge in [0.05, 0.1) is 0 Å². The van der Waals surface area contributed by atoms with Gasteiger partial charge in [0.25, 0.3) is 5.91 Å². The van der Waals surface area contributed by atoms with Crippen LogP contribution < -0.4 is 16.0 Å². The van der Waals surface area contributed by atoms with Crippen LogP contribution in [-0.4, -0.2) is 34.4 Å². The molecule has 0 unspecified atom stereocenters. The lowest BCUT2D eigenvalue weighted by molar-refractivity contribution is 0.101. The summed E-state index contributed by atoms with van der Waals surface area (Å²) in [6.07, 6.45) is 2.32. The Kier molecular flexibility index (Phi) is 5.81. The summed E-state index contributed by atoms with van der Waals surface area (Å²) < 4.78 is 2.00. The van der Waals surface area contributed by atoms with Gasteiger partial charge in [0.15, 0.2) is 0 Å². The number of aromatic nitrogens is 2. The van der Waals surface area contributed by atoms with Crippen molar-refractivity contribution in [3.05, 3.63) is 102 Å². The number of hydrogen-bond acceptors (Lipinski definition) is 4. The van der Waals surface area contributed by atoms with E-state index in [0.29, 0.717) is 23.6 Å². The number of amides is 1. The van der Waals surface area contributed by atoms with Crippen molar-refractivity contribution in [2.75, 3.05) is 23.3 Å². The standard InChI is InChI=1S/C30H28N6O/c31-29(32)22-14-13-21-17-26(30(37)34-27-11-6-12-28(33-27)35-15-3-4-16-35)36(25(21)18-22)19-23-9-5-8-20-7-1-2-10-24(20)23/h1-2,5-14,17-18H,3-4,15-16,19H2,(H3,31,32)(H,33,34,37). The number of amidine groups is 1. The number of pyridine rings is 1. The number of carbonyl (C=O) groups excluding carboxylic acids is 1. The Hall–Kier alpha value is -4.65. The first-order valence-corrected chi connectivity index (χ1v) is 12.5. The molecule has 1 fully saturated rings. The van der Waals surface area contributed by atoms with Gasteiger partial charge < -0.3 is 20.5 Å². The van der Waals surface area contributed by atoms with Crippen LogP contribution in [0.15, 0.2) is 84.9 Å². The number of nitrogen functional groups attached to an aromatic ring is 1. The lowest BCUT2D eigenvalue weighted by Gasteiger charge is -2.17. The summed E-state index contributed by atoms with van der Waals surface area (Å²) in [4.78, 5) is 20.6. The fraction of sp³-hybridized carbons (Fsp3) is 0.167. The zero-order chi connectivity index (χ0) is 25.4. The van der Waals surface area contributed by atoms with E-state index < -0.39 is 0 Å². The van der Waals surface area contributed by atoms with Crippen LogP contribution in [0.25, 0.3) is 21.7 Å². The predicted octanol–water partition coefficient (Wildman–Crippen LogP) is 5.37. The molecule has 6 rings (SSSR count). The van der Waals surface area contributed by atoms with Crippen molar-refractivity contribution in [2.24, 2.45) is 5.73 Å². The summed E-state index contributed by atoms with van der Waals surface area (Å²) in [5.74, 6) is 1.18. The van der Waals surface area contributed by atoms with Gasteiger partial charge in [-0.1, -0.05) is 60.7 Å². The number of nitrogens with zero attached hydrogens (tertiary/aromatic N) is 3. The van der Waals surface area contributed by atoms with Gasteiger partial charge in [-0.15, -0.1) is 0 Å². The van der Waals surface area contributed by atoms with Crippen LogP contribution in [0.3, 0.4) is 0 Å². The van der Waals surface area contributed by atoms with Crippen molar-refractivity contribution in [3.63, 3.8) is 0 Å². The molecule has 2 aromatic heterocycles. The van der Waals surface area contributed by atoms with Crippen molar-refractivity contribution >= 4 is 45.1 Å². The van der Waals surface area contributed by atoms with E-state index in [2.05, 4.69) is 34.5 Å². The summed E-state index contributed by atoms with van der Waals surface area (Å²) >= 11 is 0. The molecule has 1 aliphatic rings. The average Bonchev–Trinajstić information content (AvgIpc) is 3.58. The number of fused-ring (bicyclic) bond motifs is 2. The molecule has 0 aliphatic carbocycles. The highest BCUT2D eigenvalue weighted by Crippen LogP contribution is 2.27. The second-order valence-electron chi connectivity index (χ2n) is 9.47. The maximum absolute atomic E-state index is 13.7. The Morgan fingerprint density at radius 3 is 2.54 bits per heavy atom. The van der Waals surface area contributed by atoms with Gasteiger partial charge in [0.2, 0.25) is 0 Å². The van der Waals surface area contributed by atoms with Crippen LogP contribution in [-0.2, 0) is 6.54 Å². The lowest BCUT2D eigenvalue weighted by atomic mass is 10.0. The van der Waals surface area contributed by atoms with Gasteiger partial charge in [-0.3, -0.25) is 10.2 Å². The predicted molar refractivity (Wildman–Crippen MR) is 150 cm³/mol. The molecular weight excluding hydrogens is 460 g/mol. The summed E-state index contributed by atoms with van der Waals surface area (Å²) in [5.41, 5.74) is 8.90. The topological polar surface area (TPSA) is 100 Å². The number of nitrogens with one attached hydrogen (secondary N) is 2. The fourth-order valence-electron chi connectivity index (χ4n) is 5.18. The zero-order valence-electron chi connectivity index (χ0n) is 20.4. The van der Waals surface area contributed by atoms with Crippen LogP contribution in [0.1, 0.15) is 34.5 Å². The van der Waals surface area contributed by atoms with Crippen LogP contribution in [0.5, 0.6) is 0 Å². The van der Waals surface area contributed by atoms with Crippen LogP contribution >= 0.6 is 0 Å². The summed E-state index contributed by atoms with van der Waals surface area (Å²) in [6.45, 7) is 2.47. The normalized spacial score (nSPS) is 13.4. The molecule has 1 aliphatic heterocycles. The highest BCUT2D eigenvalue weighted by molar-refractivity contribution is 6.07. The van der Waals surface area contributed by atoms with Gasteiger partial charge in [0.1, 0.15) is 23.2 Å². The number of benzene rings is 3. The molecule has 0 atom stereocenters. The third-order valence-corrected chi connectivity index (χ3v) is 7.06. The molecule has 0 spiro atoms. The SMILES string of the molecule is N=C(N)c1ccc2cc(C(=O)Nc3cccc(N4CCCC4)n3)n(Cc3cccc4ccccc34)c2c1. The van der Waals surface area contributed by atoms with Gasteiger partial charge in [-0.05, 0) is 53.4 Å². The molecule has 7 heteroatoms. The molecule has 3 aromatic carbocycles. The minimum Gasteiger partial charge on any atom is -0.384 e. The smallest absolute Gasteiger partial charge is 0.273 e. The summed E-state index contributed by atoms with van der Waals surface area (Å²) in [5, 5.41) is 14.1. The third-order valence-electron chi connectivity index (χ3n) is 7.06. The summed E-state index contributed by atoms with van der Waals surface area (Å²) in [6, 6.07) is 27.7. The summed E-state index contributed by atoms with van der Waals surface area (Å²) in [7, 11) is 0. The molecule has 0 saturated carbocycles. The highest BCUT2D eigenvalue weighted by Gasteiger charge is 2.19. The first-order chi connectivity index (χ1) is 18.1. The molecule has 7 nitrogen and oxygen atoms in total. The molecule has 3 heterocycles. The molecule has 1 saturated heterocycles. The molecule has 1 amide bonds. The van der Waals surface area contributed by atoms with E-state index in [0.717, 1.165) is 59.0 Å². The van der Waals surface area contributed by atoms with E-state index in [4.69, 9.17) is 16.1 Å². The Labute approximate surface area is 215 Å². The van der Waals surface area contributed by atoms with Crippen LogP contribution in [0.2, 0.25) is 0 Å². The molecule has 184 valence electrons. The second kappa shape index (κ2) is 9.43. The maximum atomic E-state index is 13.7. The van der Waals surface area contributed by atoms with Crippen LogP contribution in [0, 0.1) is 5.41 Å².